The van der Waals surface area contributed by atoms with Crippen LogP contribution < -0.4 is 0 Å². The van der Waals surface area contributed by atoms with E-state index in [2.05, 4.69) is 14.8 Å². The number of hydrogen-bond donors (Lipinski definition) is 1. The van der Waals surface area contributed by atoms with E-state index in [1.165, 1.54) is 6.33 Å². The summed E-state index contributed by atoms with van der Waals surface area (Å²) in [5, 5.41) is 13.6. The van der Waals surface area contributed by atoms with Gasteiger partial charge in [-0.2, -0.15) is 13.9 Å². The van der Waals surface area contributed by atoms with Gasteiger partial charge in [0.25, 0.3) is 0 Å². The van der Waals surface area contributed by atoms with Crippen LogP contribution in [0.3, 0.4) is 0 Å². The van der Waals surface area contributed by atoms with Crippen molar-refractivity contribution >= 4 is 0 Å². The summed E-state index contributed by atoms with van der Waals surface area (Å²) in [6.45, 7) is 1.82. The minimum atomic E-state index is -4.21. The number of aliphatic hydroxyl groups is 1. The number of halogens is 4. The number of aromatic nitrogens is 3. The maximum Gasteiger partial charge on any atom is 0.330 e. The van der Waals surface area contributed by atoms with Crippen LogP contribution >= 0.6 is 0 Å². The summed E-state index contributed by atoms with van der Waals surface area (Å²) in [6.07, 6.45) is -3.56. The molecule has 1 aromatic heterocycles. The zero-order valence-corrected chi connectivity index (χ0v) is 11.1. The summed E-state index contributed by atoms with van der Waals surface area (Å²) in [4.78, 5) is 3.93. The number of hydrogen-bond acceptors (Lipinski definition) is 4. The van der Waals surface area contributed by atoms with Gasteiger partial charge in [0.2, 0.25) is 0 Å². The Kier molecular flexibility index (Phi) is 5.88. The second-order valence-electron chi connectivity index (χ2n) is 4.65. The van der Waals surface area contributed by atoms with Crippen molar-refractivity contribution in [2.45, 2.75) is 44.8 Å². The molecule has 20 heavy (non-hydrogen) atoms. The van der Waals surface area contributed by atoms with Crippen molar-refractivity contribution in [2.75, 3.05) is 13.2 Å². The van der Waals surface area contributed by atoms with Gasteiger partial charge in [-0.15, -0.1) is 0 Å². The lowest BCUT2D eigenvalue weighted by Gasteiger charge is -2.17. The average molecular weight is 299 g/mol. The van der Waals surface area contributed by atoms with Crippen LogP contribution in [0.15, 0.2) is 6.33 Å². The predicted molar refractivity (Wildman–Crippen MR) is 61.9 cm³/mol. The Morgan fingerprint density at radius 2 is 2.05 bits per heavy atom. The van der Waals surface area contributed by atoms with Gasteiger partial charge in [0, 0.05) is 12.5 Å². The third kappa shape index (κ3) is 4.71. The van der Waals surface area contributed by atoms with Gasteiger partial charge in [-0.05, 0) is 13.8 Å². The van der Waals surface area contributed by atoms with Crippen molar-refractivity contribution in [1.82, 2.24) is 14.8 Å². The molecule has 1 heterocycles. The second-order valence-corrected chi connectivity index (χ2v) is 4.65. The number of alkyl halides is 4. The van der Waals surface area contributed by atoms with Crippen LogP contribution in [0.4, 0.5) is 17.6 Å². The highest BCUT2D eigenvalue weighted by molar-refractivity contribution is 4.89. The van der Waals surface area contributed by atoms with Crippen LogP contribution in [-0.4, -0.2) is 51.5 Å². The van der Waals surface area contributed by atoms with E-state index in [1.54, 1.807) is 4.68 Å². The van der Waals surface area contributed by atoms with Crippen LogP contribution in [0.5, 0.6) is 0 Å². The fourth-order valence-corrected chi connectivity index (χ4v) is 1.52. The highest BCUT2D eigenvalue weighted by Crippen LogP contribution is 2.22. The predicted octanol–water partition coefficient (Wildman–Crippen LogP) is 1.68. The molecule has 0 bridgehead atoms. The molecular formula is C11H17F4N3O2. The summed E-state index contributed by atoms with van der Waals surface area (Å²) in [7, 11) is 0. The Labute approximate surface area is 113 Å². The van der Waals surface area contributed by atoms with Crippen LogP contribution in [0, 0.1) is 0 Å². The first-order valence-electron chi connectivity index (χ1n) is 6.04. The van der Waals surface area contributed by atoms with Crippen LogP contribution in [0.2, 0.25) is 0 Å². The van der Waals surface area contributed by atoms with E-state index < -0.39 is 31.7 Å². The second kappa shape index (κ2) is 6.98. The fourth-order valence-electron chi connectivity index (χ4n) is 1.52. The maximum absolute atomic E-state index is 12.6. The van der Waals surface area contributed by atoms with Crippen LogP contribution in [-0.2, 0) is 11.2 Å². The van der Waals surface area contributed by atoms with Crippen molar-refractivity contribution in [3.05, 3.63) is 12.2 Å². The van der Waals surface area contributed by atoms with E-state index in [0.29, 0.717) is 5.82 Å². The van der Waals surface area contributed by atoms with E-state index >= 15 is 0 Å². The first kappa shape index (κ1) is 16.8. The zero-order valence-electron chi connectivity index (χ0n) is 11.1. The van der Waals surface area contributed by atoms with E-state index in [9.17, 15) is 22.7 Å². The molecule has 0 radical (unpaired) electrons. The zero-order chi connectivity index (χ0) is 15.3. The Hall–Kier alpha value is -1.22. The summed E-state index contributed by atoms with van der Waals surface area (Å²) >= 11 is 0. The molecule has 0 aromatic carbocycles. The van der Waals surface area contributed by atoms with Gasteiger partial charge in [0.1, 0.15) is 18.8 Å². The van der Waals surface area contributed by atoms with Gasteiger partial charge in [-0.3, -0.25) is 0 Å². The lowest BCUT2D eigenvalue weighted by Crippen LogP contribution is -2.34. The maximum atomic E-state index is 12.6. The molecule has 0 amide bonds. The monoisotopic (exact) mass is 299 g/mol. The topological polar surface area (TPSA) is 60.2 Å². The van der Waals surface area contributed by atoms with Gasteiger partial charge < -0.3 is 9.84 Å². The number of nitrogens with zero attached hydrogens (tertiary/aromatic N) is 3. The normalized spacial score (nSPS) is 14.2. The molecule has 116 valence electrons. The van der Waals surface area contributed by atoms with Gasteiger partial charge in [-0.1, -0.05) is 0 Å². The molecule has 0 aliphatic heterocycles. The largest absolute Gasteiger partial charge is 0.390 e. The fraction of sp³-hybridized carbons (Fsp3) is 0.818. The van der Waals surface area contributed by atoms with Crippen molar-refractivity contribution in [3.63, 3.8) is 0 Å². The standard InChI is InChI=1S/C11H17F4N3O2/c1-7(2)18-9(16-6-17-18)3-8(19)4-20-5-11(14,15)10(12)13/h6-8,10,19H,3-5H2,1-2H3. The molecule has 9 heteroatoms. The van der Waals surface area contributed by atoms with Crippen molar-refractivity contribution < 1.29 is 27.4 Å². The quantitative estimate of drug-likeness (QED) is 0.742. The molecule has 0 aliphatic carbocycles. The lowest BCUT2D eigenvalue weighted by molar-refractivity contribution is -0.170. The minimum Gasteiger partial charge on any atom is -0.390 e. The smallest absolute Gasteiger partial charge is 0.330 e. The van der Waals surface area contributed by atoms with Crippen molar-refractivity contribution in [3.8, 4) is 0 Å². The van der Waals surface area contributed by atoms with Crippen LogP contribution in [0.1, 0.15) is 25.7 Å². The summed E-state index contributed by atoms with van der Waals surface area (Å²) in [5.41, 5.74) is 0. The molecule has 0 spiro atoms. The van der Waals surface area contributed by atoms with Gasteiger partial charge >= 0.3 is 12.3 Å². The molecule has 1 atom stereocenters. The molecule has 1 rings (SSSR count). The highest BCUT2D eigenvalue weighted by atomic mass is 19.3. The van der Waals surface area contributed by atoms with E-state index in [4.69, 9.17) is 0 Å². The molecular weight excluding hydrogens is 282 g/mol. The van der Waals surface area contributed by atoms with E-state index in [1.807, 2.05) is 13.8 Å². The first-order valence-corrected chi connectivity index (χ1v) is 6.04. The Balaban J connectivity index is 2.41. The van der Waals surface area contributed by atoms with Gasteiger partial charge in [0.05, 0.1) is 12.7 Å². The third-order valence-electron chi connectivity index (χ3n) is 2.48. The summed E-state index contributed by atoms with van der Waals surface area (Å²) in [5.74, 6) is -3.74. The third-order valence-corrected chi connectivity index (χ3v) is 2.48. The summed E-state index contributed by atoms with van der Waals surface area (Å²) in [6, 6.07) is 0.0313. The van der Waals surface area contributed by atoms with Gasteiger partial charge in [0.15, 0.2) is 0 Å². The molecule has 0 aliphatic rings. The molecule has 5 nitrogen and oxygen atoms in total. The number of rotatable bonds is 8. The molecule has 1 unspecified atom stereocenters. The average Bonchev–Trinajstić information content (AvgIpc) is 2.76. The van der Waals surface area contributed by atoms with Crippen LogP contribution in [0.25, 0.3) is 0 Å². The Bertz CT molecular complexity index is 412. The minimum absolute atomic E-state index is 0.0313. The summed E-state index contributed by atoms with van der Waals surface area (Å²) < 4.78 is 54.9. The highest BCUT2D eigenvalue weighted by Gasteiger charge is 2.41. The molecule has 1 N–H and O–H groups in total. The van der Waals surface area contributed by atoms with Crippen molar-refractivity contribution in [2.24, 2.45) is 0 Å². The number of aliphatic hydroxyl groups excluding tert-OH is 1. The van der Waals surface area contributed by atoms with E-state index in [0.717, 1.165) is 0 Å². The van der Waals surface area contributed by atoms with E-state index in [-0.39, 0.29) is 12.5 Å². The Morgan fingerprint density at radius 1 is 1.40 bits per heavy atom. The molecule has 0 saturated carbocycles. The molecule has 0 saturated heterocycles. The SMILES string of the molecule is CC(C)n1ncnc1CC(O)COCC(F)(F)C(F)F. The number of ether oxygens (including phenoxy) is 1. The molecule has 1 aromatic rings. The van der Waals surface area contributed by atoms with Gasteiger partial charge in [-0.25, -0.2) is 18.4 Å². The lowest BCUT2D eigenvalue weighted by atomic mass is 10.2. The first-order chi connectivity index (χ1) is 9.24. The van der Waals surface area contributed by atoms with Crippen molar-refractivity contribution in [1.29, 1.82) is 0 Å². The Morgan fingerprint density at radius 3 is 2.60 bits per heavy atom. The molecule has 0 fully saturated rings.